The molecule has 0 aliphatic carbocycles. The van der Waals surface area contributed by atoms with Crippen LogP contribution in [0.15, 0.2) is 41.8 Å². The fourth-order valence-electron chi connectivity index (χ4n) is 3.79. The zero-order chi connectivity index (χ0) is 19.8. The van der Waals surface area contributed by atoms with E-state index in [1.165, 1.54) is 49.6 Å². The van der Waals surface area contributed by atoms with Crippen LogP contribution < -0.4 is 15.1 Å². The predicted octanol–water partition coefficient (Wildman–Crippen LogP) is 1.31. The highest BCUT2D eigenvalue weighted by molar-refractivity contribution is 7.80. The van der Waals surface area contributed by atoms with Crippen molar-refractivity contribution in [1.29, 1.82) is 0 Å². The van der Waals surface area contributed by atoms with Crippen LogP contribution in [-0.2, 0) is 13.0 Å². The number of piperazine rings is 1. The average Bonchev–Trinajstić information content (AvgIpc) is 3.22. The zero-order valence-electron chi connectivity index (χ0n) is 17.2. The van der Waals surface area contributed by atoms with Crippen LogP contribution in [0.2, 0.25) is 0 Å². The second kappa shape index (κ2) is 10.9. The number of thiocarbonyl (C=S) groups is 1. The van der Waals surface area contributed by atoms with Gasteiger partial charge in [0.25, 0.3) is 0 Å². The van der Waals surface area contributed by atoms with Crippen molar-refractivity contribution >= 4 is 34.4 Å². The number of thiophene rings is 1. The molecule has 1 aliphatic rings. The van der Waals surface area contributed by atoms with E-state index in [-0.39, 0.29) is 0 Å². The van der Waals surface area contributed by atoms with Gasteiger partial charge in [-0.2, -0.15) is 0 Å². The van der Waals surface area contributed by atoms with Crippen LogP contribution in [0.1, 0.15) is 23.8 Å². The fourth-order valence-corrected chi connectivity index (χ4v) is 4.77. The molecule has 1 aromatic heterocycles. The number of likely N-dealkylation sites (N-methyl/N-ethyl adjacent to an activating group) is 1. The minimum atomic E-state index is 0.840. The quantitative estimate of drug-likeness (QED) is 0.564. The number of nitrogens with one attached hydrogen (secondary N) is 3. The molecule has 4 nitrogen and oxygen atoms in total. The first-order valence-electron chi connectivity index (χ1n) is 10.5. The van der Waals surface area contributed by atoms with Crippen molar-refractivity contribution in [1.82, 2.24) is 4.90 Å². The number of anilines is 1. The first-order valence-corrected chi connectivity index (χ1v) is 11.8. The smallest absolute Gasteiger partial charge is 0.173 e. The standard InChI is InChI=1S/C22H32N4S2/c1-3-19-8-4-5-10-21(19)23-22(27)26(18-20-9-6-17-28-20)12-7-11-25-15-13-24(2)14-16-25/h4-6,8-10,17H,3,7,11-16,18H2,1-2H3,(H,23,27)/p+2. The molecule has 0 saturated carbocycles. The first-order chi connectivity index (χ1) is 13.7. The molecule has 0 bridgehead atoms. The number of nitrogens with zero attached hydrogens (tertiary/aromatic N) is 1. The minimum Gasteiger partial charge on any atom is -0.344 e. The van der Waals surface area contributed by atoms with E-state index in [0.717, 1.165) is 30.3 Å². The summed E-state index contributed by atoms with van der Waals surface area (Å²) in [6, 6.07) is 12.8. The van der Waals surface area contributed by atoms with Gasteiger partial charge in [-0.25, -0.2) is 0 Å². The monoisotopic (exact) mass is 418 g/mol. The molecular formula is C22H34N4S2+2. The molecule has 6 heteroatoms. The van der Waals surface area contributed by atoms with E-state index in [1.54, 1.807) is 9.80 Å². The summed E-state index contributed by atoms with van der Waals surface area (Å²) in [7, 11) is 2.30. The summed E-state index contributed by atoms with van der Waals surface area (Å²) in [4.78, 5) is 7.12. The number of para-hydroxylation sites is 1. The van der Waals surface area contributed by atoms with Gasteiger partial charge in [-0.15, -0.1) is 11.3 Å². The number of aryl methyl sites for hydroxylation is 1. The van der Waals surface area contributed by atoms with E-state index >= 15 is 0 Å². The number of hydrogen-bond acceptors (Lipinski definition) is 2. The maximum Gasteiger partial charge on any atom is 0.173 e. The van der Waals surface area contributed by atoms with E-state index in [0.29, 0.717) is 0 Å². The lowest BCUT2D eigenvalue weighted by molar-refractivity contribution is -1.00. The van der Waals surface area contributed by atoms with Crippen LogP contribution in [0.4, 0.5) is 5.69 Å². The van der Waals surface area contributed by atoms with E-state index in [2.05, 4.69) is 66.0 Å². The molecule has 0 spiro atoms. The zero-order valence-corrected chi connectivity index (χ0v) is 18.8. The van der Waals surface area contributed by atoms with E-state index in [1.807, 2.05) is 11.3 Å². The summed E-state index contributed by atoms with van der Waals surface area (Å²) < 4.78 is 0. The molecule has 2 aromatic rings. The lowest BCUT2D eigenvalue weighted by atomic mass is 10.1. The van der Waals surface area contributed by atoms with Gasteiger partial charge < -0.3 is 20.0 Å². The molecule has 0 amide bonds. The minimum absolute atomic E-state index is 0.840. The van der Waals surface area contributed by atoms with Gasteiger partial charge in [0.05, 0.1) is 20.1 Å². The normalized spacial score (nSPS) is 19.4. The Hall–Kier alpha value is -1.47. The lowest BCUT2D eigenvalue weighted by Gasteiger charge is -2.29. The molecule has 1 saturated heterocycles. The van der Waals surface area contributed by atoms with Gasteiger partial charge in [-0.05, 0) is 41.7 Å². The maximum atomic E-state index is 5.83. The molecule has 3 N–H and O–H groups in total. The van der Waals surface area contributed by atoms with E-state index in [4.69, 9.17) is 12.2 Å². The van der Waals surface area contributed by atoms with Gasteiger partial charge >= 0.3 is 0 Å². The highest BCUT2D eigenvalue weighted by Gasteiger charge is 2.20. The predicted molar refractivity (Wildman–Crippen MR) is 124 cm³/mol. The summed E-state index contributed by atoms with van der Waals surface area (Å²) in [6.45, 7) is 10.5. The van der Waals surface area contributed by atoms with Crippen LogP contribution in [-0.4, -0.2) is 56.3 Å². The Morgan fingerprint density at radius 3 is 2.64 bits per heavy atom. The lowest BCUT2D eigenvalue weighted by Crippen LogP contribution is -3.27. The topological polar surface area (TPSA) is 24.2 Å². The molecule has 2 heterocycles. The van der Waals surface area contributed by atoms with E-state index in [9.17, 15) is 0 Å². The molecule has 1 aromatic carbocycles. The van der Waals surface area contributed by atoms with Gasteiger partial charge in [0.15, 0.2) is 5.11 Å². The first kappa shape index (κ1) is 21.2. The largest absolute Gasteiger partial charge is 0.344 e. The van der Waals surface area contributed by atoms with Crippen molar-refractivity contribution in [2.24, 2.45) is 0 Å². The molecule has 1 aliphatic heterocycles. The third kappa shape index (κ3) is 6.27. The second-order valence-electron chi connectivity index (χ2n) is 7.75. The van der Waals surface area contributed by atoms with E-state index < -0.39 is 0 Å². The van der Waals surface area contributed by atoms with Crippen LogP contribution in [0, 0.1) is 0 Å². The van der Waals surface area contributed by atoms with Crippen LogP contribution in [0.5, 0.6) is 0 Å². The Labute approximate surface area is 179 Å². The molecule has 0 unspecified atom stereocenters. The Morgan fingerprint density at radius 2 is 1.93 bits per heavy atom. The number of quaternary nitrogens is 2. The Kier molecular flexibility index (Phi) is 8.27. The molecule has 1 fully saturated rings. The van der Waals surface area contributed by atoms with Gasteiger partial charge in [0.1, 0.15) is 26.2 Å². The molecule has 0 radical (unpaired) electrons. The Morgan fingerprint density at radius 1 is 1.14 bits per heavy atom. The molecule has 3 rings (SSSR count). The maximum absolute atomic E-state index is 5.83. The van der Waals surface area contributed by atoms with Crippen LogP contribution in [0.25, 0.3) is 0 Å². The van der Waals surface area contributed by atoms with Gasteiger partial charge in [-0.1, -0.05) is 31.2 Å². The summed E-state index contributed by atoms with van der Waals surface area (Å²) in [5, 5.41) is 6.51. The SMILES string of the molecule is CCc1ccccc1NC(=S)N(CCC[NH+]1CC[NH+](C)CC1)Cc1cccs1. The summed E-state index contributed by atoms with van der Waals surface area (Å²) in [5.41, 5.74) is 2.45. The highest BCUT2D eigenvalue weighted by atomic mass is 32.1. The van der Waals surface area contributed by atoms with Gasteiger partial charge in [0.2, 0.25) is 0 Å². The summed E-state index contributed by atoms with van der Waals surface area (Å²) in [5.74, 6) is 0. The highest BCUT2D eigenvalue weighted by Crippen LogP contribution is 2.18. The second-order valence-corrected chi connectivity index (χ2v) is 9.17. The van der Waals surface area contributed by atoms with Crippen molar-refractivity contribution in [3.8, 4) is 0 Å². The number of benzene rings is 1. The van der Waals surface area contributed by atoms with Gasteiger partial charge in [-0.3, -0.25) is 0 Å². The van der Waals surface area contributed by atoms with Crippen molar-refractivity contribution in [3.05, 3.63) is 52.2 Å². The molecule has 152 valence electrons. The molecular weight excluding hydrogens is 384 g/mol. The number of rotatable bonds is 8. The Balaban J connectivity index is 1.58. The fraction of sp³-hybridized carbons (Fsp3) is 0.500. The van der Waals surface area contributed by atoms with Crippen LogP contribution >= 0.6 is 23.6 Å². The third-order valence-electron chi connectivity index (χ3n) is 5.62. The molecule has 0 atom stereocenters. The average molecular weight is 419 g/mol. The van der Waals surface area contributed by atoms with Gasteiger partial charge in [0, 0.05) is 23.5 Å². The summed E-state index contributed by atoms with van der Waals surface area (Å²) >= 11 is 7.64. The molecule has 28 heavy (non-hydrogen) atoms. The number of hydrogen-bond donors (Lipinski definition) is 3. The van der Waals surface area contributed by atoms with Crippen molar-refractivity contribution in [2.45, 2.75) is 26.3 Å². The van der Waals surface area contributed by atoms with Crippen molar-refractivity contribution in [3.63, 3.8) is 0 Å². The van der Waals surface area contributed by atoms with Crippen molar-refractivity contribution < 1.29 is 9.80 Å². The Bertz CT molecular complexity index is 724. The summed E-state index contributed by atoms with van der Waals surface area (Å²) in [6.07, 6.45) is 2.18. The van der Waals surface area contributed by atoms with Crippen molar-refractivity contribution in [2.75, 3.05) is 51.6 Å². The third-order valence-corrected chi connectivity index (χ3v) is 6.84. The van der Waals surface area contributed by atoms with Crippen LogP contribution in [0.3, 0.4) is 0 Å².